The highest BCUT2D eigenvalue weighted by Crippen LogP contribution is 2.22. The molecule has 4 nitrogen and oxygen atoms in total. The summed E-state index contributed by atoms with van der Waals surface area (Å²) in [5.74, 6) is -0.441. The van der Waals surface area contributed by atoms with Crippen LogP contribution in [0.5, 0.6) is 0 Å². The number of rotatable bonds is 2. The molecular weight excluding hydrogens is 283 g/mol. The van der Waals surface area contributed by atoms with Gasteiger partial charge in [-0.3, -0.25) is 0 Å². The number of nitrogens with zero attached hydrogens (tertiary/aromatic N) is 1. The molecule has 0 bridgehead atoms. The van der Waals surface area contributed by atoms with E-state index in [1.165, 1.54) is 6.07 Å². The van der Waals surface area contributed by atoms with Crippen molar-refractivity contribution in [3.63, 3.8) is 0 Å². The lowest BCUT2D eigenvalue weighted by Crippen LogP contribution is -2.44. The molecule has 1 heterocycles. The summed E-state index contributed by atoms with van der Waals surface area (Å²) in [6.45, 7) is 1.40. The van der Waals surface area contributed by atoms with Gasteiger partial charge >= 0.3 is 6.03 Å². The van der Waals surface area contributed by atoms with Crippen molar-refractivity contribution in [3.05, 3.63) is 66.0 Å². The Hall–Kier alpha value is -2.40. The van der Waals surface area contributed by atoms with E-state index in [9.17, 15) is 9.18 Å². The third-order valence-corrected chi connectivity index (χ3v) is 3.64. The molecule has 1 fully saturated rings. The Balaban J connectivity index is 1.67. The highest BCUT2D eigenvalue weighted by atomic mass is 19.1. The maximum absolute atomic E-state index is 13.6. The van der Waals surface area contributed by atoms with Crippen molar-refractivity contribution < 1.29 is 13.9 Å². The van der Waals surface area contributed by atoms with Crippen molar-refractivity contribution in [1.82, 2.24) is 4.90 Å². The van der Waals surface area contributed by atoms with E-state index in [0.29, 0.717) is 19.7 Å². The highest BCUT2D eigenvalue weighted by Gasteiger charge is 2.25. The van der Waals surface area contributed by atoms with Gasteiger partial charge in [0.25, 0.3) is 0 Å². The Kier molecular flexibility index (Phi) is 4.34. The number of para-hydroxylation sites is 1. The lowest BCUT2D eigenvalue weighted by Gasteiger charge is -2.33. The van der Waals surface area contributed by atoms with Crippen LogP contribution in [0.1, 0.15) is 11.7 Å². The van der Waals surface area contributed by atoms with Crippen LogP contribution in [0, 0.1) is 5.82 Å². The monoisotopic (exact) mass is 300 g/mol. The molecule has 1 aliphatic rings. The van der Waals surface area contributed by atoms with Crippen LogP contribution in [-0.2, 0) is 4.74 Å². The third kappa shape index (κ3) is 3.26. The first-order chi connectivity index (χ1) is 10.7. The number of ether oxygens (including phenoxy) is 1. The van der Waals surface area contributed by atoms with Crippen LogP contribution in [0.3, 0.4) is 0 Å². The van der Waals surface area contributed by atoms with E-state index in [0.717, 1.165) is 5.56 Å². The number of nitrogens with one attached hydrogen (secondary N) is 1. The second-order valence-corrected chi connectivity index (χ2v) is 5.13. The molecule has 0 aromatic heterocycles. The van der Waals surface area contributed by atoms with Crippen LogP contribution in [0.25, 0.3) is 0 Å². The van der Waals surface area contributed by atoms with E-state index in [-0.39, 0.29) is 17.8 Å². The summed E-state index contributed by atoms with van der Waals surface area (Å²) in [6, 6.07) is 15.6. The van der Waals surface area contributed by atoms with E-state index in [1.807, 2.05) is 30.3 Å². The molecule has 1 saturated heterocycles. The first-order valence-electron chi connectivity index (χ1n) is 7.21. The molecule has 22 heavy (non-hydrogen) atoms. The molecule has 2 aromatic carbocycles. The Labute approximate surface area is 128 Å². The maximum Gasteiger partial charge on any atom is 0.322 e. The van der Waals surface area contributed by atoms with Gasteiger partial charge in [0, 0.05) is 6.54 Å². The zero-order valence-electron chi connectivity index (χ0n) is 12.0. The molecule has 3 rings (SSSR count). The molecule has 5 heteroatoms. The topological polar surface area (TPSA) is 41.6 Å². The lowest BCUT2D eigenvalue weighted by atomic mass is 10.1. The van der Waals surface area contributed by atoms with E-state index >= 15 is 0 Å². The minimum Gasteiger partial charge on any atom is -0.370 e. The Morgan fingerprint density at radius 1 is 1.14 bits per heavy atom. The molecule has 2 amide bonds. The van der Waals surface area contributed by atoms with Gasteiger partial charge < -0.3 is 15.0 Å². The van der Waals surface area contributed by atoms with Crippen molar-refractivity contribution in [2.75, 3.05) is 25.0 Å². The van der Waals surface area contributed by atoms with Crippen molar-refractivity contribution >= 4 is 11.7 Å². The van der Waals surface area contributed by atoms with Crippen LogP contribution >= 0.6 is 0 Å². The first-order valence-corrected chi connectivity index (χ1v) is 7.21. The predicted molar refractivity (Wildman–Crippen MR) is 82.1 cm³/mol. The highest BCUT2D eigenvalue weighted by molar-refractivity contribution is 5.89. The minimum atomic E-state index is -0.441. The quantitative estimate of drug-likeness (QED) is 0.923. The number of amides is 2. The van der Waals surface area contributed by atoms with E-state index in [4.69, 9.17) is 4.74 Å². The van der Waals surface area contributed by atoms with Crippen molar-refractivity contribution in [2.45, 2.75) is 6.10 Å². The number of anilines is 1. The van der Waals surface area contributed by atoms with Crippen LogP contribution in [-0.4, -0.2) is 30.6 Å². The van der Waals surface area contributed by atoms with Gasteiger partial charge in [-0.05, 0) is 17.7 Å². The smallest absolute Gasteiger partial charge is 0.322 e. The van der Waals surface area contributed by atoms with Gasteiger partial charge in [0.05, 0.1) is 18.8 Å². The SMILES string of the molecule is O=C(Nc1ccccc1F)N1CCO[C@@H](c2ccccc2)C1. The minimum absolute atomic E-state index is 0.152. The molecule has 114 valence electrons. The molecule has 0 saturated carbocycles. The van der Waals surface area contributed by atoms with Gasteiger partial charge in [0.2, 0.25) is 0 Å². The second kappa shape index (κ2) is 6.58. The maximum atomic E-state index is 13.6. The summed E-state index contributed by atoms with van der Waals surface area (Å²) >= 11 is 0. The molecular formula is C17H17FN2O2. The molecule has 1 atom stereocenters. The molecule has 1 N–H and O–H groups in total. The van der Waals surface area contributed by atoms with Crippen LogP contribution in [0.4, 0.5) is 14.9 Å². The summed E-state index contributed by atoms with van der Waals surface area (Å²) in [4.78, 5) is 13.9. The van der Waals surface area contributed by atoms with Crippen LogP contribution < -0.4 is 5.32 Å². The van der Waals surface area contributed by atoms with Gasteiger partial charge in [-0.2, -0.15) is 0 Å². The molecule has 2 aromatic rings. The number of hydrogen-bond donors (Lipinski definition) is 1. The third-order valence-electron chi connectivity index (χ3n) is 3.64. The summed E-state index contributed by atoms with van der Waals surface area (Å²) in [6.07, 6.45) is -0.152. The standard InChI is InChI=1S/C17H17FN2O2/c18-14-8-4-5-9-15(14)19-17(21)20-10-11-22-16(12-20)13-6-2-1-3-7-13/h1-9,16H,10-12H2,(H,19,21)/t16-/m1/s1. The molecule has 0 radical (unpaired) electrons. The fourth-order valence-corrected chi connectivity index (χ4v) is 2.46. The van der Waals surface area contributed by atoms with Gasteiger partial charge in [0.1, 0.15) is 11.9 Å². The number of halogens is 1. The summed E-state index contributed by atoms with van der Waals surface area (Å²) in [5, 5.41) is 2.61. The van der Waals surface area contributed by atoms with Gasteiger partial charge in [-0.25, -0.2) is 9.18 Å². The van der Waals surface area contributed by atoms with Gasteiger partial charge in [-0.1, -0.05) is 42.5 Å². The average molecular weight is 300 g/mol. The summed E-state index contributed by atoms with van der Waals surface area (Å²) in [5.41, 5.74) is 1.22. The van der Waals surface area contributed by atoms with Gasteiger partial charge in [-0.15, -0.1) is 0 Å². The van der Waals surface area contributed by atoms with E-state index in [1.54, 1.807) is 23.1 Å². The summed E-state index contributed by atoms with van der Waals surface area (Å²) in [7, 11) is 0. The normalized spacial score (nSPS) is 18.0. The van der Waals surface area contributed by atoms with Crippen LogP contribution in [0.2, 0.25) is 0 Å². The lowest BCUT2D eigenvalue weighted by molar-refractivity contribution is -0.0135. The Bertz CT molecular complexity index is 648. The van der Waals surface area contributed by atoms with Crippen molar-refractivity contribution in [2.24, 2.45) is 0 Å². The fourth-order valence-electron chi connectivity index (χ4n) is 2.46. The van der Waals surface area contributed by atoms with Crippen molar-refractivity contribution in [1.29, 1.82) is 0 Å². The fraction of sp³-hybridized carbons (Fsp3) is 0.235. The van der Waals surface area contributed by atoms with E-state index < -0.39 is 5.82 Å². The molecule has 0 spiro atoms. The second-order valence-electron chi connectivity index (χ2n) is 5.13. The Morgan fingerprint density at radius 3 is 2.64 bits per heavy atom. The zero-order chi connectivity index (χ0) is 15.4. The molecule has 1 aliphatic heterocycles. The number of carbonyl (C=O) groups is 1. The van der Waals surface area contributed by atoms with Gasteiger partial charge in [0.15, 0.2) is 0 Å². The Morgan fingerprint density at radius 2 is 1.86 bits per heavy atom. The average Bonchev–Trinajstić information content (AvgIpc) is 2.58. The first kappa shape index (κ1) is 14.5. The molecule has 0 unspecified atom stereocenters. The predicted octanol–water partition coefficient (Wildman–Crippen LogP) is 3.43. The number of morpholine rings is 1. The molecule has 0 aliphatic carbocycles. The number of hydrogen-bond acceptors (Lipinski definition) is 2. The number of urea groups is 1. The van der Waals surface area contributed by atoms with Crippen LogP contribution in [0.15, 0.2) is 54.6 Å². The van der Waals surface area contributed by atoms with E-state index in [2.05, 4.69) is 5.32 Å². The zero-order valence-corrected chi connectivity index (χ0v) is 12.0. The number of carbonyl (C=O) groups excluding carboxylic acids is 1. The summed E-state index contributed by atoms with van der Waals surface area (Å²) < 4.78 is 19.3. The largest absolute Gasteiger partial charge is 0.370 e. The van der Waals surface area contributed by atoms with Crippen molar-refractivity contribution in [3.8, 4) is 0 Å². The number of benzene rings is 2.